The molecule has 0 unspecified atom stereocenters. The molecule has 1 heterocycles. The predicted octanol–water partition coefficient (Wildman–Crippen LogP) is 4.99. The highest BCUT2D eigenvalue weighted by Gasteiger charge is 2.24. The first-order valence-corrected chi connectivity index (χ1v) is 11.9. The lowest BCUT2D eigenvalue weighted by Crippen LogP contribution is -2.43. The predicted molar refractivity (Wildman–Crippen MR) is 128 cm³/mol. The molecular formula is C26H29FN2O3S. The van der Waals surface area contributed by atoms with Crippen LogP contribution in [-0.4, -0.2) is 47.9 Å². The zero-order valence-electron chi connectivity index (χ0n) is 18.8. The smallest absolute Gasteiger partial charge is 0.257 e. The van der Waals surface area contributed by atoms with Gasteiger partial charge in [0, 0.05) is 31.2 Å². The number of benzene rings is 2. The molecule has 174 valence electrons. The summed E-state index contributed by atoms with van der Waals surface area (Å²) in [6.07, 6.45) is 0.560. The molecular weight excluding hydrogens is 439 g/mol. The maximum Gasteiger partial charge on any atom is 0.257 e. The number of carbonyl (C=O) groups excluding carboxylic acids is 2. The van der Waals surface area contributed by atoms with Gasteiger partial charge in [-0.3, -0.25) is 9.59 Å². The third kappa shape index (κ3) is 7.51. The lowest BCUT2D eigenvalue weighted by Gasteiger charge is -2.28. The van der Waals surface area contributed by atoms with E-state index in [1.807, 2.05) is 54.8 Å². The number of rotatable bonds is 12. The van der Waals surface area contributed by atoms with Gasteiger partial charge in [0.15, 0.2) is 0 Å². The number of hydrogen-bond donors (Lipinski definition) is 0. The number of nitrogens with zero attached hydrogens (tertiary/aromatic N) is 2. The largest absolute Gasteiger partial charge is 0.382 e. The van der Waals surface area contributed by atoms with Crippen LogP contribution in [0.2, 0.25) is 0 Å². The van der Waals surface area contributed by atoms with Gasteiger partial charge in [-0.15, -0.1) is 11.3 Å². The topological polar surface area (TPSA) is 49.9 Å². The Morgan fingerprint density at radius 1 is 0.939 bits per heavy atom. The van der Waals surface area contributed by atoms with Crippen LogP contribution < -0.4 is 0 Å². The van der Waals surface area contributed by atoms with Gasteiger partial charge in [0.2, 0.25) is 5.91 Å². The van der Waals surface area contributed by atoms with E-state index in [0.29, 0.717) is 39.3 Å². The summed E-state index contributed by atoms with van der Waals surface area (Å²) in [5.74, 6) is -1.27. The van der Waals surface area contributed by atoms with Crippen LogP contribution >= 0.6 is 11.3 Å². The standard InChI is InChI=1S/C26H29FN2O3S/c1-2-32-16-9-15-28(26(31)23-13-6-7-14-24(23)27)20-25(30)29(19-22-12-8-17-33-22)18-21-10-4-3-5-11-21/h3-8,10-14,17H,2,9,15-16,18-20H2,1H3. The zero-order chi connectivity index (χ0) is 23.5. The molecule has 5 nitrogen and oxygen atoms in total. The fourth-order valence-corrected chi connectivity index (χ4v) is 4.17. The second kappa shape index (κ2) is 12.9. The van der Waals surface area contributed by atoms with Gasteiger partial charge in [0.05, 0.1) is 12.1 Å². The molecule has 0 atom stereocenters. The van der Waals surface area contributed by atoms with Crippen molar-refractivity contribution in [3.05, 3.63) is 93.9 Å². The van der Waals surface area contributed by atoms with Crippen molar-refractivity contribution in [2.45, 2.75) is 26.4 Å². The molecule has 2 aromatic carbocycles. The van der Waals surface area contributed by atoms with E-state index in [-0.39, 0.29) is 18.0 Å². The molecule has 0 saturated carbocycles. The Kier molecular flexibility index (Phi) is 9.59. The molecule has 2 amide bonds. The molecule has 0 aliphatic rings. The summed E-state index contributed by atoms with van der Waals surface area (Å²) in [6.45, 7) is 4.00. The highest BCUT2D eigenvalue weighted by atomic mass is 32.1. The summed E-state index contributed by atoms with van der Waals surface area (Å²) < 4.78 is 19.7. The number of carbonyl (C=O) groups is 2. The van der Waals surface area contributed by atoms with E-state index in [0.717, 1.165) is 10.4 Å². The van der Waals surface area contributed by atoms with Crippen LogP contribution in [-0.2, 0) is 22.6 Å². The lowest BCUT2D eigenvalue weighted by atomic mass is 10.1. The third-order valence-electron chi connectivity index (χ3n) is 5.13. The van der Waals surface area contributed by atoms with Gasteiger partial charge in [-0.1, -0.05) is 48.5 Å². The minimum absolute atomic E-state index is 0.0328. The summed E-state index contributed by atoms with van der Waals surface area (Å²) >= 11 is 1.58. The van der Waals surface area contributed by atoms with Crippen molar-refractivity contribution in [1.82, 2.24) is 9.80 Å². The van der Waals surface area contributed by atoms with E-state index in [1.54, 1.807) is 28.4 Å². The van der Waals surface area contributed by atoms with Crippen LogP contribution in [0.3, 0.4) is 0 Å². The average molecular weight is 469 g/mol. The summed E-state index contributed by atoms with van der Waals surface area (Å²) in [4.78, 5) is 30.8. The normalized spacial score (nSPS) is 10.7. The molecule has 1 aromatic heterocycles. The summed E-state index contributed by atoms with van der Waals surface area (Å²) in [6, 6.07) is 19.6. The van der Waals surface area contributed by atoms with Crippen molar-refractivity contribution in [1.29, 1.82) is 0 Å². The Labute approximate surface area is 198 Å². The van der Waals surface area contributed by atoms with Crippen LogP contribution in [0.15, 0.2) is 72.1 Å². The molecule has 33 heavy (non-hydrogen) atoms. The summed E-state index contributed by atoms with van der Waals surface area (Å²) in [7, 11) is 0. The van der Waals surface area contributed by atoms with Crippen molar-refractivity contribution < 1.29 is 18.7 Å². The monoisotopic (exact) mass is 468 g/mol. The SMILES string of the molecule is CCOCCCN(CC(=O)N(Cc1ccccc1)Cc1cccs1)C(=O)c1ccccc1F. The molecule has 0 radical (unpaired) electrons. The Hall–Kier alpha value is -3.03. The van der Waals surface area contributed by atoms with Crippen molar-refractivity contribution in [3.63, 3.8) is 0 Å². The van der Waals surface area contributed by atoms with E-state index in [2.05, 4.69) is 0 Å². The molecule has 0 aliphatic heterocycles. The van der Waals surface area contributed by atoms with Gasteiger partial charge in [-0.05, 0) is 42.5 Å². The van der Waals surface area contributed by atoms with E-state index in [9.17, 15) is 14.0 Å². The maximum atomic E-state index is 14.3. The fourth-order valence-electron chi connectivity index (χ4n) is 3.45. The molecule has 0 spiro atoms. The summed E-state index contributed by atoms with van der Waals surface area (Å²) in [5, 5.41) is 1.97. The minimum Gasteiger partial charge on any atom is -0.382 e. The van der Waals surface area contributed by atoms with Crippen molar-refractivity contribution >= 4 is 23.2 Å². The molecule has 0 aliphatic carbocycles. The number of ether oxygens (including phenoxy) is 1. The molecule has 0 N–H and O–H groups in total. The van der Waals surface area contributed by atoms with Crippen molar-refractivity contribution in [2.24, 2.45) is 0 Å². The molecule has 0 saturated heterocycles. The number of thiophene rings is 1. The van der Waals surface area contributed by atoms with Crippen LogP contribution in [0, 0.1) is 5.82 Å². The number of hydrogen-bond acceptors (Lipinski definition) is 4. The highest BCUT2D eigenvalue weighted by Crippen LogP contribution is 2.16. The van der Waals surface area contributed by atoms with Gasteiger partial charge < -0.3 is 14.5 Å². The van der Waals surface area contributed by atoms with Crippen molar-refractivity contribution in [2.75, 3.05) is 26.3 Å². The van der Waals surface area contributed by atoms with E-state index >= 15 is 0 Å². The first-order valence-electron chi connectivity index (χ1n) is 11.0. The van der Waals surface area contributed by atoms with Crippen LogP contribution in [0.1, 0.15) is 34.1 Å². The highest BCUT2D eigenvalue weighted by molar-refractivity contribution is 7.09. The molecule has 3 rings (SSSR count). The molecule has 3 aromatic rings. The Morgan fingerprint density at radius 2 is 1.70 bits per heavy atom. The number of halogens is 1. The number of amides is 2. The van der Waals surface area contributed by atoms with Crippen LogP contribution in [0.4, 0.5) is 4.39 Å². The zero-order valence-corrected chi connectivity index (χ0v) is 19.6. The second-order valence-corrected chi connectivity index (χ2v) is 8.60. The first kappa shape index (κ1) is 24.6. The van der Waals surface area contributed by atoms with Gasteiger partial charge in [-0.25, -0.2) is 4.39 Å². The summed E-state index contributed by atoms with van der Waals surface area (Å²) in [5.41, 5.74) is 0.973. The second-order valence-electron chi connectivity index (χ2n) is 7.57. The average Bonchev–Trinajstić information content (AvgIpc) is 3.34. The molecule has 0 fully saturated rings. The third-order valence-corrected chi connectivity index (χ3v) is 6.00. The van der Waals surface area contributed by atoms with Gasteiger partial charge in [-0.2, -0.15) is 0 Å². The molecule has 7 heteroatoms. The van der Waals surface area contributed by atoms with Crippen LogP contribution in [0.5, 0.6) is 0 Å². The quantitative estimate of drug-likeness (QED) is 0.352. The minimum atomic E-state index is -0.593. The van der Waals surface area contributed by atoms with E-state index in [4.69, 9.17) is 4.74 Å². The molecule has 0 bridgehead atoms. The van der Waals surface area contributed by atoms with Crippen molar-refractivity contribution in [3.8, 4) is 0 Å². The van der Waals surface area contributed by atoms with Gasteiger partial charge in [0.25, 0.3) is 5.91 Å². The maximum absolute atomic E-state index is 14.3. The Morgan fingerprint density at radius 3 is 2.39 bits per heavy atom. The Balaban J connectivity index is 1.78. The van der Waals surface area contributed by atoms with Gasteiger partial charge >= 0.3 is 0 Å². The first-order chi connectivity index (χ1) is 16.1. The Bertz CT molecular complexity index is 1010. The van der Waals surface area contributed by atoms with E-state index < -0.39 is 11.7 Å². The lowest BCUT2D eigenvalue weighted by molar-refractivity contribution is -0.133. The van der Waals surface area contributed by atoms with Crippen LogP contribution in [0.25, 0.3) is 0 Å². The van der Waals surface area contributed by atoms with Gasteiger partial charge in [0.1, 0.15) is 12.4 Å². The van der Waals surface area contributed by atoms with E-state index in [1.165, 1.54) is 17.0 Å². The fraction of sp³-hybridized carbons (Fsp3) is 0.308.